The molecule has 2 aromatic carbocycles. The quantitative estimate of drug-likeness (QED) is 0.693. The van der Waals surface area contributed by atoms with Crippen LogP contribution < -0.4 is 10.1 Å². The summed E-state index contributed by atoms with van der Waals surface area (Å²) in [5.41, 5.74) is 3.08. The van der Waals surface area contributed by atoms with Crippen molar-refractivity contribution < 1.29 is 9.53 Å². The Labute approximate surface area is 190 Å². The van der Waals surface area contributed by atoms with Crippen LogP contribution >= 0.6 is 0 Å². The fourth-order valence-electron chi connectivity index (χ4n) is 4.42. The number of methoxy groups -OCH3 is 1. The third-order valence-electron chi connectivity index (χ3n) is 6.42. The monoisotopic (exact) mass is 432 g/mol. The minimum Gasteiger partial charge on any atom is -0.497 e. The van der Waals surface area contributed by atoms with Crippen molar-refractivity contribution in [1.29, 1.82) is 5.26 Å². The molecule has 1 saturated heterocycles. The number of carbonyl (C=O) groups excluding carboxylic acids is 1. The first-order valence-corrected chi connectivity index (χ1v) is 11.5. The van der Waals surface area contributed by atoms with Crippen molar-refractivity contribution in [2.45, 2.75) is 31.8 Å². The zero-order valence-corrected chi connectivity index (χ0v) is 18.8. The maximum Gasteiger partial charge on any atom is 0.234 e. The van der Waals surface area contributed by atoms with Gasteiger partial charge in [-0.3, -0.25) is 14.6 Å². The van der Waals surface area contributed by atoms with Crippen molar-refractivity contribution in [3.05, 3.63) is 65.2 Å². The van der Waals surface area contributed by atoms with Crippen LogP contribution in [0, 0.1) is 17.2 Å². The Hall–Kier alpha value is -2.88. The number of amides is 1. The number of nitrogens with one attached hydrogen (secondary N) is 1. The van der Waals surface area contributed by atoms with Crippen molar-refractivity contribution in [1.82, 2.24) is 15.1 Å². The molecule has 1 aliphatic heterocycles. The molecule has 1 heterocycles. The van der Waals surface area contributed by atoms with Gasteiger partial charge in [-0.05, 0) is 73.7 Å². The summed E-state index contributed by atoms with van der Waals surface area (Å²) in [5, 5.41) is 12.3. The molecule has 0 aromatic heterocycles. The minimum atomic E-state index is 0.0910. The molecule has 2 aromatic rings. The third kappa shape index (κ3) is 6.09. The maximum atomic E-state index is 12.9. The average Bonchev–Trinajstić information content (AvgIpc) is 3.67. The molecule has 1 amide bonds. The molecule has 6 heteroatoms. The maximum absolute atomic E-state index is 12.9. The van der Waals surface area contributed by atoms with Gasteiger partial charge >= 0.3 is 0 Å². The van der Waals surface area contributed by atoms with E-state index >= 15 is 0 Å². The van der Waals surface area contributed by atoms with E-state index in [2.05, 4.69) is 33.3 Å². The summed E-state index contributed by atoms with van der Waals surface area (Å²) in [6, 6.07) is 18.1. The number of nitrogens with zero attached hydrogens (tertiary/aromatic N) is 3. The van der Waals surface area contributed by atoms with Gasteiger partial charge in [0.05, 0.1) is 31.3 Å². The predicted molar refractivity (Wildman–Crippen MR) is 124 cm³/mol. The predicted octanol–water partition coefficient (Wildman–Crippen LogP) is 3.34. The summed E-state index contributed by atoms with van der Waals surface area (Å²) in [6.07, 6.45) is 3.39. The summed E-state index contributed by atoms with van der Waals surface area (Å²) < 4.78 is 5.26. The third-order valence-corrected chi connectivity index (χ3v) is 6.42. The highest BCUT2D eigenvalue weighted by Crippen LogP contribution is 2.41. The molecule has 6 nitrogen and oxygen atoms in total. The molecule has 2 fully saturated rings. The molecule has 4 rings (SSSR count). The van der Waals surface area contributed by atoms with Gasteiger partial charge in [-0.25, -0.2) is 0 Å². The zero-order valence-electron chi connectivity index (χ0n) is 18.8. The molecule has 0 spiro atoms. The first-order chi connectivity index (χ1) is 15.6. The zero-order chi connectivity index (χ0) is 22.3. The SMILES string of the molecule is COc1ccc(C(NC(=O)CN2CCCN(Cc3ccc(C#N)cc3)CC2)C2CC2)cc1. The molecule has 168 valence electrons. The van der Waals surface area contributed by atoms with E-state index in [0.29, 0.717) is 18.0 Å². The molecule has 0 radical (unpaired) electrons. The highest BCUT2D eigenvalue weighted by molar-refractivity contribution is 5.78. The van der Waals surface area contributed by atoms with E-state index in [1.54, 1.807) is 7.11 Å². The van der Waals surface area contributed by atoms with Crippen molar-refractivity contribution in [2.75, 3.05) is 39.8 Å². The average molecular weight is 433 g/mol. The van der Waals surface area contributed by atoms with Crippen LogP contribution in [0.1, 0.15) is 42.0 Å². The lowest BCUT2D eigenvalue weighted by atomic mass is 10.0. The number of hydrogen-bond acceptors (Lipinski definition) is 5. The second-order valence-electron chi connectivity index (χ2n) is 8.87. The van der Waals surface area contributed by atoms with Gasteiger partial charge in [-0.2, -0.15) is 5.26 Å². The van der Waals surface area contributed by atoms with Gasteiger partial charge in [0, 0.05) is 19.6 Å². The van der Waals surface area contributed by atoms with Crippen LogP contribution in [0.4, 0.5) is 0 Å². The normalized spacial score (nSPS) is 18.4. The first-order valence-electron chi connectivity index (χ1n) is 11.5. The molecule has 0 bridgehead atoms. The van der Waals surface area contributed by atoms with Crippen molar-refractivity contribution in [3.63, 3.8) is 0 Å². The van der Waals surface area contributed by atoms with E-state index in [0.717, 1.165) is 50.5 Å². The van der Waals surface area contributed by atoms with Gasteiger partial charge in [-0.1, -0.05) is 24.3 Å². The molecular formula is C26H32N4O2. The number of hydrogen-bond donors (Lipinski definition) is 1. The number of benzene rings is 2. The number of rotatable bonds is 8. The molecule has 1 aliphatic carbocycles. The van der Waals surface area contributed by atoms with Crippen LogP contribution in [0.15, 0.2) is 48.5 Å². The Morgan fingerprint density at radius 1 is 1.06 bits per heavy atom. The fraction of sp³-hybridized carbons (Fsp3) is 0.462. The van der Waals surface area contributed by atoms with Gasteiger partial charge in [0.25, 0.3) is 0 Å². The van der Waals surface area contributed by atoms with E-state index in [4.69, 9.17) is 10.00 Å². The van der Waals surface area contributed by atoms with E-state index in [-0.39, 0.29) is 11.9 Å². The Kier molecular flexibility index (Phi) is 7.41. The van der Waals surface area contributed by atoms with Crippen molar-refractivity contribution in [3.8, 4) is 11.8 Å². The fourth-order valence-corrected chi connectivity index (χ4v) is 4.42. The van der Waals surface area contributed by atoms with Crippen LogP contribution in [-0.4, -0.2) is 55.5 Å². The Bertz CT molecular complexity index is 932. The van der Waals surface area contributed by atoms with Gasteiger partial charge in [0.1, 0.15) is 5.75 Å². The molecular weight excluding hydrogens is 400 g/mol. The highest BCUT2D eigenvalue weighted by Gasteiger charge is 2.33. The van der Waals surface area contributed by atoms with Crippen LogP contribution in [0.3, 0.4) is 0 Å². The van der Waals surface area contributed by atoms with Crippen LogP contribution in [0.2, 0.25) is 0 Å². The van der Waals surface area contributed by atoms with Crippen LogP contribution in [-0.2, 0) is 11.3 Å². The van der Waals surface area contributed by atoms with E-state index < -0.39 is 0 Å². The summed E-state index contributed by atoms with van der Waals surface area (Å²) in [7, 11) is 1.67. The molecule has 2 aliphatic rings. The molecule has 1 unspecified atom stereocenters. The van der Waals surface area contributed by atoms with E-state index in [9.17, 15) is 4.79 Å². The van der Waals surface area contributed by atoms with E-state index in [1.165, 1.54) is 18.4 Å². The Balaban J connectivity index is 1.27. The van der Waals surface area contributed by atoms with Gasteiger partial charge in [0.15, 0.2) is 0 Å². The molecule has 32 heavy (non-hydrogen) atoms. The van der Waals surface area contributed by atoms with Crippen molar-refractivity contribution >= 4 is 5.91 Å². The second-order valence-corrected chi connectivity index (χ2v) is 8.87. The topological polar surface area (TPSA) is 68.6 Å². The molecule has 1 saturated carbocycles. The first kappa shape index (κ1) is 22.3. The van der Waals surface area contributed by atoms with Gasteiger partial charge < -0.3 is 10.1 Å². The summed E-state index contributed by atoms with van der Waals surface area (Å²) >= 11 is 0. The van der Waals surface area contributed by atoms with Crippen LogP contribution in [0.5, 0.6) is 5.75 Å². The molecule has 1 atom stereocenters. The number of ether oxygens (including phenoxy) is 1. The molecule has 1 N–H and O–H groups in total. The Morgan fingerprint density at radius 3 is 2.41 bits per heavy atom. The Morgan fingerprint density at radius 2 is 1.75 bits per heavy atom. The lowest BCUT2D eigenvalue weighted by Gasteiger charge is -2.24. The van der Waals surface area contributed by atoms with Crippen molar-refractivity contribution in [2.24, 2.45) is 5.92 Å². The lowest BCUT2D eigenvalue weighted by molar-refractivity contribution is -0.123. The summed E-state index contributed by atoms with van der Waals surface area (Å²) in [6.45, 7) is 5.12. The highest BCUT2D eigenvalue weighted by atomic mass is 16.5. The van der Waals surface area contributed by atoms with E-state index in [1.807, 2.05) is 36.4 Å². The summed E-state index contributed by atoms with van der Waals surface area (Å²) in [5.74, 6) is 1.49. The van der Waals surface area contributed by atoms with Crippen LogP contribution in [0.25, 0.3) is 0 Å². The summed E-state index contributed by atoms with van der Waals surface area (Å²) in [4.78, 5) is 17.6. The number of carbonyl (C=O) groups is 1. The van der Waals surface area contributed by atoms with Gasteiger partial charge in [0.2, 0.25) is 5.91 Å². The number of nitriles is 1. The van der Waals surface area contributed by atoms with Gasteiger partial charge in [-0.15, -0.1) is 0 Å². The lowest BCUT2D eigenvalue weighted by Crippen LogP contribution is -2.41. The largest absolute Gasteiger partial charge is 0.497 e. The second kappa shape index (κ2) is 10.6. The standard InChI is InChI=1S/C26H32N4O2/c1-32-24-11-9-23(10-12-24)26(22-7-8-22)28-25(31)19-30-14-2-13-29(15-16-30)18-21-5-3-20(17-27)4-6-21/h3-6,9-12,22,26H,2,7-8,13-16,18-19H2,1H3,(H,28,31). The smallest absolute Gasteiger partial charge is 0.234 e. The minimum absolute atomic E-state index is 0.0910.